The highest BCUT2D eigenvalue weighted by atomic mass is 35.5. The molecule has 0 saturated carbocycles. The number of rotatable bonds is 10. The number of hydrogen-bond acceptors (Lipinski definition) is 2. The van der Waals surface area contributed by atoms with Crippen molar-refractivity contribution in [2.45, 2.75) is 45.6 Å². The van der Waals surface area contributed by atoms with Crippen molar-refractivity contribution in [3.8, 4) is 0 Å². The second-order valence-electron chi connectivity index (χ2n) is 6.88. The molecule has 1 N–H and O–H groups in total. The van der Waals surface area contributed by atoms with Crippen LogP contribution in [0.15, 0.2) is 54.6 Å². The minimum Gasteiger partial charge on any atom is -0.354 e. The second-order valence-corrected chi connectivity index (χ2v) is 7.29. The van der Waals surface area contributed by atoms with Gasteiger partial charge in [-0.05, 0) is 43.4 Å². The Balaban J connectivity index is 2.05. The van der Waals surface area contributed by atoms with Crippen molar-refractivity contribution in [1.82, 2.24) is 10.2 Å². The number of hydrogen-bond donors (Lipinski definition) is 1. The summed E-state index contributed by atoms with van der Waals surface area (Å²) in [6.07, 6.45) is 2.46. The summed E-state index contributed by atoms with van der Waals surface area (Å²) in [5, 5.41) is 3.56. The largest absolute Gasteiger partial charge is 0.354 e. The molecule has 0 aliphatic carbocycles. The van der Waals surface area contributed by atoms with Gasteiger partial charge in [0.1, 0.15) is 6.04 Å². The Bertz CT molecular complexity index is 764. The number of nitrogens with zero attached hydrogens (tertiary/aromatic N) is 1. The lowest BCUT2D eigenvalue weighted by atomic mass is 10.1. The number of amides is 2. The molecule has 0 fully saturated rings. The number of halogens is 1. The lowest BCUT2D eigenvalue weighted by Crippen LogP contribution is -2.49. The van der Waals surface area contributed by atoms with E-state index in [0.29, 0.717) is 37.4 Å². The first kappa shape index (κ1) is 22.0. The Hall–Kier alpha value is -2.33. The molecule has 0 radical (unpaired) electrons. The fourth-order valence-electron chi connectivity index (χ4n) is 3.05. The predicted molar refractivity (Wildman–Crippen MR) is 114 cm³/mol. The molecule has 1 atom stereocenters. The summed E-state index contributed by atoms with van der Waals surface area (Å²) in [6, 6.07) is 17.1. The maximum atomic E-state index is 13.0. The average Bonchev–Trinajstić information content (AvgIpc) is 2.72. The smallest absolute Gasteiger partial charge is 0.242 e. The van der Waals surface area contributed by atoms with Crippen LogP contribution in [0, 0.1) is 0 Å². The molecule has 4 nitrogen and oxygen atoms in total. The van der Waals surface area contributed by atoms with Crippen LogP contribution in [-0.2, 0) is 22.4 Å². The molecule has 2 amide bonds. The second kappa shape index (κ2) is 11.5. The first-order valence-corrected chi connectivity index (χ1v) is 10.2. The number of benzene rings is 2. The van der Waals surface area contributed by atoms with Gasteiger partial charge in [-0.25, -0.2) is 0 Å². The summed E-state index contributed by atoms with van der Waals surface area (Å²) in [4.78, 5) is 27.1. The van der Waals surface area contributed by atoms with Gasteiger partial charge >= 0.3 is 0 Å². The highest BCUT2D eigenvalue weighted by Crippen LogP contribution is 2.17. The van der Waals surface area contributed by atoms with Gasteiger partial charge in [-0.1, -0.05) is 67.1 Å². The molecule has 28 heavy (non-hydrogen) atoms. The normalized spacial score (nSPS) is 11.7. The molecule has 0 saturated heterocycles. The van der Waals surface area contributed by atoms with E-state index in [-0.39, 0.29) is 11.8 Å². The summed E-state index contributed by atoms with van der Waals surface area (Å²) in [7, 11) is 0. The third-order valence-corrected chi connectivity index (χ3v) is 5.14. The van der Waals surface area contributed by atoms with Gasteiger partial charge in [0.05, 0.1) is 0 Å². The molecule has 0 aromatic heterocycles. The summed E-state index contributed by atoms with van der Waals surface area (Å²) >= 11 is 6.21. The number of aryl methyl sites for hydroxylation is 1. The molecule has 0 unspecified atom stereocenters. The molecule has 2 aromatic carbocycles. The van der Waals surface area contributed by atoms with Crippen LogP contribution in [0.1, 0.15) is 37.8 Å². The first-order chi connectivity index (χ1) is 13.5. The first-order valence-electron chi connectivity index (χ1n) is 9.87. The zero-order chi connectivity index (χ0) is 20.4. The Morgan fingerprint density at radius 2 is 1.71 bits per heavy atom. The van der Waals surface area contributed by atoms with E-state index < -0.39 is 6.04 Å². The SMILES string of the molecule is CCCNC(=O)[C@H](C)N(CCc1ccccc1)C(=O)CCc1ccccc1Cl. The van der Waals surface area contributed by atoms with Gasteiger partial charge in [-0.2, -0.15) is 0 Å². The molecule has 0 bridgehead atoms. The van der Waals surface area contributed by atoms with Gasteiger partial charge in [0.25, 0.3) is 0 Å². The van der Waals surface area contributed by atoms with Crippen molar-refractivity contribution in [2.24, 2.45) is 0 Å². The van der Waals surface area contributed by atoms with E-state index in [1.165, 1.54) is 0 Å². The van der Waals surface area contributed by atoms with E-state index in [1.807, 2.05) is 61.5 Å². The Morgan fingerprint density at radius 3 is 2.39 bits per heavy atom. The van der Waals surface area contributed by atoms with Crippen molar-refractivity contribution < 1.29 is 9.59 Å². The van der Waals surface area contributed by atoms with Gasteiger partial charge in [-0.15, -0.1) is 0 Å². The van der Waals surface area contributed by atoms with Gasteiger partial charge in [0.15, 0.2) is 0 Å². The van der Waals surface area contributed by atoms with E-state index in [9.17, 15) is 9.59 Å². The fourth-order valence-corrected chi connectivity index (χ4v) is 3.28. The summed E-state index contributed by atoms with van der Waals surface area (Å²) in [6.45, 7) is 4.92. The molecule has 0 spiro atoms. The van der Waals surface area contributed by atoms with Crippen LogP contribution < -0.4 is 5.32 Å². The number of carbonyl (C=O) groups excluding carboxylic acids is 2. The fraction of sp³-hybridized carbons (Fsp3) is 0.391. The summed E-state index contributed by atoms with van der Waals surface area (Å²) in [5.41, 5.74) is 2.09. The number of carbonyl (C=O) groups is 2. The van der Waals surface area contributed by atoms with E-state index in [4.69, 9.17) is 11.6 Å². The monoisotopic (exact) mass is 400 g/mol. The van der Waals surface area contributed by atoms with Gasteiger partial charge in [-0.3, -0.25) is 9.59 Å². The van der Waals surface area contributed by atoms with E-state index in [0.717, 1.165) is 17.5 Å². The van der Waals surface area contributed by atoms with Crippen LogP contribution in [-0.4, -0.2) is 35.8 Å². The van der Waals surface area contributed by atoms with Gasteiger partial charge in [0.2, 0.25) is 11.8 Å². The Kier molecular flexibility index (Phi) is 9.02. The summed E-state index contributed by atoms with van der Waals surface area (Å²) < 4.78 is 0. The van der Waals surface area contributed by atoms with Crippen molar-refractivity contribution in [2.75, 3.05) is 13.1 Å². The minimum absolute atomic E-state index is 0.0324. The molecule has 150 valence electrons. The summed E-state index contributed by atoms with van der Waals surface area (Å²) in [5.74, 6) is -0.143. The molecule has 0 aliphatic rings. The van der Waals surface area contributed by atoms with Crippen LogP contribution in [0.2, 0.25) is 5.02 Å². The van der Waals surface area contributed by atoms with Gasteiger partial charge < -0.3 is 10.2 Å². The molecule has 2 aromatic rings. The zero-order valence-corrected chi connectivity index (χ0v) is 17.4. The lowest BCUT2D eigenvalue weighted by molar-refractivity contribution is -0.139. The topological polar surface area (TPSA) is 49.4 Å². The molecule has 0 heterocycles. The molecule has 2 rings (SSSR count). The maximum absolute atomic E-state index is 13.0. The van der Waals surface area contributed by atoms with Crippen molar-refractivity contribution in [3.05, 3.63) is 70.7 Å². The van der Waals surface area contributed by atoms with E-state index in [2.05, 4.69) is 5.32 Å². The third kappa shape index (κ3) is 6.68. The molecular weight excluding hydrogens is 372 g/mol. The van der Waals surface area contributed by atoms with E-state index in [1.54, 1.807) is 11.8 Å². The minimum atomic E-state index is -0.506. The zero-order valence-electron chi connectivity index (χ0n) is 16.7. The van der Waals surface area contributed by atoms with Crippen molar-refractivity contribution in [1.29, 1.82) is 0 Å². The standard InChI is InChI=1S/C23H29ClN2O2/c1-3-16-25-23(28)18(2)26(17-15-19-9-5-4-6-10-19)22(27)14-13-20-11-7-8-12-21(20)24/h4-12,18H,3,13-17H2,1-2H3,(H,25,28)/t18-/m0/s1. The predicted octanol–water partition coefficient (Wildman–Crippen LogP) is 4.26. The van der Waals surface area contributed by atoms with E-state index >= 15 is 0 Å². The van der Waals surface area contributed by atoms with Crippen molar-refractivity contribution in [3.63, 3.8) is 0 Å². The molecular formula is C23H29ClN2O2. The van der Waals surface area contributed by atoms with Crippen LogP contribution in [0.25, 0.3) is 0 Å². The maximum Gasteiger partial charge on any atom is 0.242 e. The lowest BCUT2D eigenvalue weighted by Gasteiger charge is -2.29. The highest BCUT2D eigenvalue weighted by Gasteiger charge is 2.25. The number of nitrogens with one attached hydrogen (secondary N) is 1. The van der Waals surface area contributed by atoms with Crippen LogP contribution in [0.5, 0.6) is 0 Å². The van der Waals surface area contributed by atoms with Crippen molar-refractivity contribution >= 4 is 23.4 Å². The highest BCUT2D eigenvalue weighted by molar-refractivity contribution is 6.31. The average molecular weight is 401 g/mol. The third-order valence-electron chi connectivity index (χ3n) is 4.77. The molecule has 0 aliphatic heterocycles. The van der Waals surface area contributed by atoms with Gasteiger partial charge in [0, 0.05) is 24.5 Å². The van der Waals surface area contributed by atoms with Crippen LogP contribution in [0.3, 0.4) is 0 Å². The van der Waals surface area contributed by atoms with Crippen LogP contribution >= 0.6 is 11.6 Å². The molecule has 5 heteroatoms. The van der Waals surface area contributed by atoms with Crippen LogP contribution in [0.4, 0.5) is 0 Å². The quantitative estimate of drug-likeness (QED) is 0.647. The Labute approximate surface area is 172 Å². The Morgan fingerprint density at radius 1 is 1.04 bits per heavy atom.